The van der Waals surface area contributed by atoms with Gasteiger partial charge < -0.3 is 15.4 Å². The van der Waals surface area contributed by atoms with Gasteiger partial charge in [0.1, 0.15) is 17.7 Å². The lowest BCUT2D eigenvalue weighted by atomic mass is 10.1. The van der Waals surface area contributed by atoms with Gasteiger partial charge in [0, 0.05) is 38.4 Å². The van der Waals surface area contributed by atoms with Gasteiger partial charge in [-0.05, 0) is 37.6 Å². The second kappa shape index (κ2) is 8.96. The number of rotatable bonds is 5. The number of likely N-dealkylation sites (tertiary alicyclic amines) is 1. The third kappa shape index (κ3) is 5.81. The molecular weight excluding hydrogens is 307 g/mol. The predicted octanol–water partition coefficient (Wildman–Crippen LogP) is 2.74. The number of carbonyl (C=O) groups is 1. The van der Waals surface area contributed by atoms with E-state index in [-0.39, 0.29) is 36.3 Å². The monoisotopic (exact) mass is 330 g/mol. The van der Waals surface area contributed by atoms with Crippen LogP contribution in [0.1, 0.15) is 32.6 Å². The molecule has 0 aromatic heterocycles. The number of amides is 1. The predicted molar refractivity (Wildman–Crippen MR) is 86.8 cm³/mol. The van der Waals surface area contributed by atoms with E-state index >= 15 is 0 Å². The van der Waals surface area contributed by atoms with Crippen LogP contribution in [0.3, 0.4) is 0 Å². The number of nitrogens with two attached hydrogens (primary N) is 1. The van der Waals surface area contributed by atoms with Crippen LogP contribution in [-0.4, -0.2) is 36.0 Å². The molecule has 1 aromatic rings. The number of hydrogen-bond donors (Lipinski definition) is 1. The smallest absolute Gasteiger partial charge is 0.222 e. The Kier molecular flexibility index (Phi) is 7.62. The molecule has 6 heteroatoms. The van der Waals surface area contributed by atoms with E-state index in [1.807, 2.05) is 11.8 Å². The van der Waals surface area contributed by atoms with Gasteiger partial charge >= 0.3 is 0 Å². The van der Waals surface area contributed by atoms with Crippen LogP contribution in [0.4, 0.5) is 4.39 Å². The van der Waals surface area contributed by atoms with Crippen LogP contribution >= 0.6 is 12.4 Å². The number of piperidine rings is 1. The van der Waals surface area contributed by atoms with Crippen LogP contribution in [0.2, 0.25) is 0 Å². The summed E-state index contributed by atoms with van der Waals surface area (Å²) in [5.41, 5.74) is 5.67. The van der Waals surface area contributed by atoms with E-state index in [4.69, 9.17) is 10.5 Å². The zero-order valence-electron chi connectivity index (χ0n) is 12.8. The Morgan fingerprint density at radius 3 is 2.50 bits per heavy atom. The standard InChI is InChI=1S/C16H23FN2O2.ClH/c1-12(18)2-7-16(20)19-10-8-15(9-11-19)21-14-5-3-13(17)4-6-14;/h3-6,12,15H,2,7-11,18H2,1H3;1H. The molecule has 1 atom stereocenters. The largest absolute Gasteiger partial charge is 0.490 e. The molecule has 1 heterocycles. The molecule has 2 rings (SSSR count). The lowest BCUT2D eigenvalue weighted by molar-refractivity contribution is -0.133. The lowest BCUT2D eigenvalue weighted by Crippen LogP contribution is -2.42. The molecule has 1 aliphatic rings. The van der Waals surface area contributed by atoms with Gasteiger partial charge in [-0.15, -0.1) is 12.4 Å². The summed E-state index contributed by atoms with van der Waals surface area (Å²) in [7, 11) is 0. The molecule has 1 amide bonds. The van der Waals surface area contributed by atoms with Gasteiger partial charge in [-0.25, -0.2) is 4.39 Å². The van der Waals surface area contributed by atoms with Gasteiger partial charge in [-0.3, -0.25) is 4.79 Å². The molecule has 0 radical (unpaired) electrons. The van der Waals surface area contributed by atoms with Gasteiger partial charge in [-0.2, -0.15) is 0 Å². The van der Waals surface area contributed by atoms with E-state index in [0.29, 0.717) is 25.3 Å². The first-order valence-electron chi connectivity index (χ1n) is 7.50. The van der Waals surface area contributed by atoms with Crippen molar-refractivity contribution in [3.05, 3.63) is 30.1 Å². The van der Waals surface area contributed by atoms with Crippen LogP contribution in [0, 0.1) is 5.82 Å². The molecule has 1 saturated heterocycles. The van der Waals surface area contributed by atoms with Crippen LogP contribution in [0.25, 0.3) is 0 Å². The molecule has 0 saturated carbocycles. The quantitative estimate of drug-likeness (QED) is 0.903. The highest BCUT2D eigenvalue weighted by atomic mass is 35.5. The molecule has 1 aliphatic heterocycles. The van der Waals surface area contributed by atoms with Crippen molar-refractivity contribution in [2.75, 3.05) is 13.1 Å². The minimum atomic E-state index is -0.267. The SMILES string of the molecule is CC(N)CCC(=O)N1CCC(Oc2ccc(F)cc2)CC1.Cl. The van der Waals surface area contributed by atoms with E-state index in [0.717, 1.165) is 19.3 Å². The van der Waals surface area contributed by atoms with E-state index in [9.17, 15) is 9.18 Å². The summed E-state index contributed by atoms with van der Waals surface area (Å²) in [6.45, 7) is 3.34. The fraction of sp³-hybridized carbons (Fsp3) is 0.562. The number of carbonyl (C=O) groups excluding carboxylic acids is 1. The summed E-state index contributed by atoms with van der Waals surface area (Å²) < 4.78 is 18.6. The maximum Gasteiger partial charge on any atom is 0.222 e. The van der Waals surface area contributed by atoms with Crippen molar-refractivity contribution >= 4 is 18.3 Å². The van der Waals surface area contributed by atoms with Crippen molar-refractivity contribution in [3.8, 4) is 5.75 Å². The molecular formula is C16H24ClFN2O2. The Bertz CT molecular complexity index is 460. The highest BCUT2D eigenvalue weighted by Crippen LogP contribution is 2.20. The topological polar surface area (TPSA) is 55.6 Å². The highest BCUT2D eigenvalue weighted by molar-refractivity contribution is 5.85. The molecule has 22 heavy (non-hydrogen) atoms. The molecule has 0 bridgehead atoms. The van der Waals surface area contributed by atoms with Gasteiger partial charge in [-0.1, -0.05) is 0 Å². The molecule has 2 N–H and O–H groups in total. The number of halogens is 2. The Balaban J connectivity index is 0.00000242. The summed E-state index contributed by atoms with van der Waals surface area (Å²) in [5.74, 6) is 0.586. The summed E-state index contributed by atoms with van der Waals surface area (Å²) >= 11 is 0. The maximum atomic E-state index is 12.8. The summed E-state index contributed by atoms with van der Waals surface area (Å²) in [4.78, 5) is 13.9. The normalized spacial score (nSPS) is 16.8. The van der Waals surface area contributed by atoms with E-state index in [1.165, 1.54) is 12.1 Å². The summed E-state index contributed by atoms with van der Waals surface area (Å²) in [6, 6.07) is 6.11. The van der Waals surface area contributed by atoms with E-state index < -0.39 is 0 Å². The third-order valence-electron chi connectivity index (χ3n) is 3.72. The van der Waals surface area contributed by atoms with E-state index in [2.05, 4.69) is 0 Å². The Hall–Kier alpha value is -1.33. The Labute approximate surface area is 137 Å². The summed E-state index contributed by atoms with van der Waals surface area (Å²) in [5, 5.41) is 0. The molecule has 1 aromatic carbocycles. The first-order chi connectivity index (χ1) is 10.0. The fourth-order valence-electron chi connectivity index (χ4n) is 2.44. The second-order valence-corrected chi connectivity index (χ2v) is 5.67. The number of benzene rings is 1. The number of hydrogen-bond acceptors (Lipinski definition) is 3. The van der Waals surface area contributed by atoms with Crippen molar-refractivity contribution in [3.63, 3.8) is 0 Å². The van der Waals surface area contributed by atoms with Gasteiger partial charge in [0.05, 0.1) is 0 Å². The lowest BCUT2D eigenvalue weighted by Gasteiger charge is -2.32. The van der Waals surface area contributed by atoms with Crippen LogP contribution in [-0.2, 0) is 4.79 Å². The van der Waals surface area contributed by atoms with Crippen LogP contribution in [0.15, 0.2) is 24.3 Å². The minimum absolute atomic E-state index is 0. The average Bonchev–Trinajstić information content (AvgIpc) is 2.48. The first kappa shape index (κ1) is 18.7. The minimum Gasteiger partial charge on any atom is -0.490 e. The molecule has 0 aliphatic carbocycles. The maximum absolute atomic E-state index is 12.8. The molecule has 124 valence electrons. The number of ether oxygens (including phenoxy) is 1. The second-order valence-electron chi connectivity index (χ2n) is 5.67. The van der Waals surface area contributed by atoms with Crippen LogP contribution in [0.5, 0.6) is 5.75 Å². The van der Waals surface area contributed by atoms with Crippen molar-refractivity contribution < 1.29 is 13.9 Å². The first-order valence-corrected chi connectivity index (χ1v) is 7.50. The third-order valence-corrected chi connectivity index (χ3v) is 3.72. The van der Waals surface area contributed by atoms with Gasteiger partial charge in [0.2, 0.25) is 5.91 Å². The van der Waals surface area contributed by atoms with Crippen LogP contribution < -0.4 is 10.5 Å². The Morgan fingerprint density at radius 2 is 1.95 bits per heavy atom. The summed E-state index contributed by atoms with van der Waals surface area (Å²) in [6.07, 6.45) is 2.95. The van der Waals surface area contributed by atoms with Crippen molar-refractivity contribution in [1.82, 2.24) is 4.90 Å². The zero-order chi connectivity index (χ0) is 15.2. The van der Waals surface area contributed by atoms with Gasteiger partial charge in [0.15, 0.2) is 0 Å². The van der Waals surface area contributed by atoms with Crippen molar-refractivity contribution in [2.24, 2.45) is 5.73 Å². The van der Waals surface area contributed by atoms with Gasteiger partial charge in [0.25, 0.3) is 0 Å². The molecule has 1 unspecified atom stereocenters. The molecule has 4 nitrogen and oxygen atoms in total. The average molecular weight is 331 g/mol. The van der Waals surface area contributed by atoms with Crippen molar-refractivity contribution in [2.45, 2.75) is 44.8 Å². The van der Waals surface area contributed by atoms with Crippen molar-refractivity contribution in [1.29, 1.82) is 0 Å². The molecule has 1 fully saturated rings. The highest BCUT2D eigenvalue weighted by Gasteiger charge is 2.23. The number of nitrogens with zero attached hydrogens (tertiary/aromatic N) is 1. The zero-order valence-corrected chi connectivity index (χ0v) is 13.7. The Morgan fingerprint density at radius 1 is 1.36 bits per heavy atom. The molecule has 0 spiro atoms. The fourth-order valence-corrected chi connectivity index (χ4v) is 2.44. The van der Waals surface area contributed by atoms with E-state index in [1.54, 1.807) is 12.1 Å².